The van der Waals surface area contributed by atoms with E-state index in [0.717, 1.165) is 42.7 Å². The molecule has 1 aliphatic heterocycles. The van der Waals surface area contributed by atoms with Crippen molar-refractivity contribution in [1.82, 2.24) is 15.6 Å². The average molecular weight is 358 g/mol. The lowest BCUT2D eigenvalue weighted by Crippen LogP contribution is -2.44. The van der Waals surface area contributed by atoms with Crippen LogP contribution in [0.25, 0.3) is 0 Å². The van der Waals surface area contributed by atoms with Gasteiger partial charge >= 0.3 is 0 Å². The zero-order valence-corrected chi connectivity index (χ0v) is 16.1. The number of aromatic nitrogens is 1. The van der Waals surface area contributed by atoms with Crippen LogP contribution in [0.2, 0.25) is 0 Å². The molecule has 0 spiro atoms. The smallest absolute Gasteiger partial charge is 0.191 e. The predicted molar refractivity (Wildman–Crippen MR) is 107 cm³/mol. The first-order valence-electron chi connectivity index (χ1n) is 8.93. The molecule has 2 heterocycles. The maximum atomic E-state index is 4.77. The van der Waals surface area contributed by atoms with Gasteiger partial charge in [-0.25, -0.2) is 9.98 Å². The van der Waals surface area contributed by atoms with E-state index in [0.29, 0.717) is 12.6 Å². The van der Waals surface area contributed by atoms with E-state index < -0.39 is 0 Å². The zero-order valence-electron chi connectivity index (χ0n) is 15.2. The Labute approximate surface area is 154 Å². The van der Waals surface area contributed by atoms with Gasteiger partial charge in [-0.2, -0.15) is 0 Å². The van der Waals surface area contributed by atoms with Gasteiger partial charge in [-0.3, -0.25) is 0 Å². The summed E-state index contributed by atoms with van der Waals surface area (Å²) in [4.78, 5) is 12.9. The molecule has 1 aromatic heterocycles. The highest BCUT2D eigenvalue weighted by Crippen LogP contribution is 2.20. The van der Waals surface area contributed by atoms with E-state index in [-0.39, 0.29) is 0 Å². The van der Waals surface area contributed by atoms with Crippen LogP contribution in [-0.2, 0) is 6.54 Å². The second kappa shape index (κ2) is 8.34. The minimum atomic E-state index is 0.419. The van der Waals surface area contributed by atoms with Crippen LogP contribution in [0.3, 0.4) is 0 Å². The summed E-state index contributed by atoms with van der Waals surface area (Å²) in [5.41, 5.74) is 2.39. The highest BCUT2D eigenvalue weighted by molar-refractivity contribution is 7.11. The number of anilines is 1. The van der Waals surface area contributed by atoms with Crippen molar-refractivity contribution >= 4 is 23.0 Å². The molecule has 2 aromatic rings. The van der Waals surface area contributed by atoms with Gasteiger partial charge in [0, 0.05) is 36.2 Å². The first-order valence-corrected chi connectivity index (χ1v) is 9.75. The number of nitrogens with one attached hydrogen (secondary N) is 2. The van der Waals surface area contributed by atoms with Crippen molar-refractivity contribution in [2.45, 2.75) is 39.8 Å². The van der Waals surface area contributed by atoms with Crippen LogP contribution in [0.4, 0.5) is 5.69 Å². The molecule has 0 amide bonds. The minimum absolute atomic E-state index is 0.419. The van der Waals surface area contributed by atoms with Crippen LogP contribution in [0.15, 0.2) is 35.3 Å². The number of hydrogen-bond acceptors (Lipinski definition) is 4. The van der Waals surface area contributed by atoms with Gasteiger partial charge < -0.3 is 15.5 Å². The SMILES string of the molecule is CCNC(=NCc1sc(C)nc1C)NC1CCN(c2ccccc2)C1. The Hall–Kier alpha value is -2.08. The number of thiazole rings is 1. The fourth-order valence-electron chi connectivity index (χ4n) is 3.14. The first-order chi connectivity index (χ1) is 12.2. The van der Waals surface area contributed by atoms with Gasteiger partial charge in [0.1, 0.15) is 0 Å². The lowest BCUT2D eigenvalue weighted by molar-refractivity contribution is 0.649. The highest BCUT2D eigenvalue weighted by Gasteiger charge is 2.23. The van der Waals surface area contributed by atoms with Crippen molar-refractivity contribution in [3.63, 3.8) is 0 Å². The molecule has 1 unspecified atom stereocenters. The fraction of sp³-hybridized carbons (Fsp3) is 0.474. The molecular weight excluding hydrogens is 330 g/mol. The summed E-state index contributed by atoms with van der Waals surface area (Å²) in [5, 5.41) is 8.07. The molecule has 3 rings (SSSR count). The summed E-state index contributed by atoms with van der Waals surface area (Å²) in [6.45, 7) is 9.84. The van der Waals surface area contributed by atoms with Crippen molar-refractivity contribution in [3.8, 4) is 0 Å². The Morgan fingerprint density at radius 2 is 2.12 bits per heavy atom. The first kappa shape index (κ1) is 17.7. The average Bonchev–Trinajstić information content (AvgIpc) is 3.20. The van der Waals surface area contributed by atoms with Gasteiger partial charge in [-0.05, 0) is 39.3 Å². The maximum absolute atomic E-state index is 4.77. The Balaban J connectivity index is 1.60. The standard InChI is InChI=1S/C19H27N5S/c1-4-20-19(21-12-18-14(2)22-15(3)25-18)23-16-10-11-24(13-16)17-8-6-5-7-9-17/h5-9,16H,4,10-13H2,1-3H3,(H2,20,21,23). The molecule has 6 heteroatoms. The quantitative estimate of drug-likeness (QED) is 0.638. The molecule has 0 radical (unpaired) electrons. The van der Waals surface area contributed by atoms with Crippen LogP contribution < -0.4 is 15.5 Å². The Bertz CT molecular complexity index is 710. The molecule has 1 aliphatic rings. The lowest BCUT2D eigenvalue weighted by atomic mass is 10.3. The molecule has 5 nitrogen and oxygen atoms in total. The molecule has 1 aromatic carbocycles. The summed E-state index contributed by atoms with van der Waals surface area (Å²) < 4.78 is 0. The number of para-hydroxylation sites is 1. The zero-order chi connectivity index (χ0) is 17.6. The summed E-state index contributed by atoms with van der Waals surface area (Å²) >= 11 is 1.73. The Morgan fingerprint density at radius 1 is 1.32 bits per heavy atom. The van der Waals surface area contributed by atoms with Crippen molar-refractivity contribution in [3.05, 3.63) is 45.9 Å². The second-order valence-electron chi connectivity index (χ2n) is 6.35. The van der Waals surface area contributed by atoms with Crippen molar-refractivity contribution in [2.75, 3.05) is 24.5 Å². The fourth-order valence-corrected chi connectivity index (χ4v) is 4.00. The van der Waals surface area contributed by atoms with Gasteiger partial charge in [0.15, 0.2) is 5.96 Å². The van der Waals surface area contributed by atoms with E-state index in [2.05, 4.69) is 64.7 Å². The molecule has 0 bridgehead atoms. The van der Waals surface area contributed by atoms with Gasteiger partial charge in [0.25, 0.3) is 0 Å². The molecule has 134 valence electrons. The molecule has 0 aliphatic carbocycles. The summed E-state index contributed by atoms with van der Waals surface area (Å²) in [7, 11) is 0. The monoisotopic (exact) mass is 357 g/mol. The third-order valence-corrected chi connectivity index (χ3v) is 5.43. The topological polar surface area (TPSA) is 52.6 Å². The van der Waals surface area contributed by atoms with Crippen LogP contribution in [-0.4, -0.2) is 36.6 Å². The summed E-state index contributed by atoms with van der Waals surface area (Å²) in [6, 6.07) is 11.0. The van der Waals surface area contributed by atoms with Crippen LogP contribution in [0, 0.1) is 13.8 Å². The predicted octanol–water partition coefficient (Wildman–Crippen LogP) is 3.09. The largest absolute Gasteiger partial charge is 0.369 e. The number of aliphatic imine (C=N–C) groups is 1. The van der Waals surface area contributed by atoms with E-state index in [1.807, 2.05) is 6.92 Å². The maximum Gasteiger partial charge on any atom is 0.191 e. The number of aryl methyl sites for hydroxylation is 2. The van der Waals surface area contributed by atoms with Gasteiger partial charge in [-0.1, -0.05) is 18.2 Å². The lowest BCUT2D eigenvalue weighted by Gasteiger charge is -2.20. The van der Waals surface area contributed by atoms with E-state index in [4.69, 9.17) is 4.99 Å². The van der Waals surface area contributed by atoms with E-state index >= 15 is 0 Å². The molecular formula is C19H27N5S. The third kappa shape index (κ3) is 4.72. The summed E-state index contributed by atoms with van der Waals surface area (Å²) in [5.74, 6) is 0.896. The normalized spacial score (nSPS) is 17.8. The molecule has 2 N–H and O–H groups in total. The van der Waals surface area contributed by atoms with E-state index in [9.17, 15) is 0 Å². The van der Waals surface area contributed by atoms with Gasteiger partial charge in [-0.15, -0.1) is 11.3 Å². The summed E-state index contributed by atoms with van der Waals surface area (Å²) in [6.07, 6.45) is 1.12. The third-order valence-electron chi connectivity index (χ3n) is 4.38. The van der Waals surface area contributed by atoms with Gasteiger partial charge in [0.05, 0.1) is 17.2 Å². The number of hydrogen-bond donors (Lipinski definition) is 2. The highest BCUT2D eigenvalue weighted by atomic mass is 32.1. The van der Waals surface area contributed by atoms with Crippen LogP contribution in [0.1, 0.15) is 28.9 Å². The molecule has 1 fully saturated rings. The van der Waals surface area contributed by atoms with E-state index in [1.165, 1.54) is 10.6 Å². The molecule has 1 atom stereocenters. The molecule has 0 saturated carbocycles. The molecule has 1 saturated heterocycles. The minimum Gasteiger partial charge on any atom is -0.369 e. The van der Waals surface area contributed by atoms with Crippen molar-refractivity contribution in [1.29, 1.82) is 0 Å². The number of guanidine groups is 1. The number of rotatable bonds is 5. The number of benzene rings is 1. The van der Waals surface area contributed by atoms with Gasteiger partial charge in [0.2, 0.25) is 0 Å². The Kier molecular flexibility index (Phi) is 5.91. The molecule has 25 heavy (non-hydrogen) atoms. The van der Waals surface area contributed by atoms with Crippen molar-refractivity contribution < 1.29 is 0 Å². The van der Waals surface area contributed by atoms with E-state index in [1.54, 1.807) is 11.3 Å². The number of nitrogens with zero attached hydrogens (tertiary/aromatic N) is 3. The van der Waals surface area contributed by atoms with Crippen LogP contribution >= 0.6 is 11.3 Å². The second-order valence-corrected chi connectivity index (χ2v) is 7.64. The van der Waals surface area contributed by atoms with Crippen LogP contribution in [0.5, 0.6) is 0 Å². The Morgan fingerprint density at radius 3 is 2.80 bits per heavy atom. The van der Waals surface area contributed by atoms with Crippen molar-refractivity contribution in [2.24, 2.45) is 4.99 Å².